The van der Waals surface area contributed by atoms with Gasteiger partial charge in [0.1, 0.15) is 17.2 Å². The van der Waals surface area contributed by atoms with Crippen molar-refractivity contribution >= 4 is 11.9 Å². The molecular weight excluding hydrogens is 210 g/mol. The van der Waals surface area contributed by atoms with Crippen LogP contribution in [-0.4, -0.2) is 22.2 Å². The Bertz CT molecular complexity index is 405. The molecule has 0 radical (unpaired) electrons. The topological polar surface area (TPSA) is 74.6 Å². The average molecular weight is 216 g/mol. The minimum absolute atomic E-state index is 0.123. The molecule has 0 amide bonds. The number of hydrogen-bond acceptors (Lipinski definition) is 2. The van der Waals surface area contributed by atoms with Crippen LogP contribution in [0.1, 0.15) is 15.9 Å². The van der Waals surface area contributed by atoms with Crippen molar-refractivity contribution < 1.29 is 28.6 Å². The maximum Gasteiger partial charge on any atom is 0.341 e. The van der Waals surface area contributed by atoms with E-state index >= 15 is 0 Å². The Morgan fingerprint density at radius 1 is 1.13 bits per heavy atom. The van der Waals surface area contributed by atoms with Crippen molar-refractivity contribution in [2.45, 2.75) is 6.42 Å². The second-order valence-corrected chi connectivity index (χ2v) is 2.81. The van der Waals surface area contributed by atoms with E-state index in [-0.39, 0.29) is 5.56 Å². The Labute approximate surface area is 82.8 Å². The second-order valence-electron chi connectivity index (χ2n) is 2.81. The quantitative estimate of drug-likeness (QED) is 0.798. The molecule has 0 spiro atoms. The first-order valence-corrected chi connectivity index (χ1v) is 3.85. The summed E-state index contributed by atoms with van der Waals surface area (Å²) in [5, 5.41) is 16.8. The summed E-state index contributed by atoms with van der Waals surface area (Å²) in [6.45, 7) is 0. The summed E-state index contributed by atoms with van der Waals surface area (Å²) < 4.78 is 26.0. The Hall–Kier alpha value is -1.98. The van der Waals surface area contributed by atoms with Crippen molar-refractivity contribution in [1.82, 2.24) is 0 Å². The fourth-order valence-corrected chi connectivity index (χ4v) is 1.11. The Morgan fingerprint density at radius 2 is 1.60 bits per heavy atom. The minimum atomic E-state index is -1.73. The first-order chi connectivity index (χ1) is 6.91. The summed E-state index contributed by atoms with van der Waals surface area (Å²) >= 11 is 0. The molecule has 80 valence electrons. The zero-order chi connectivity index (χ0) is 11.6. The molecule has 4 nitrogen and oxygen atoms in total. The van der Waals surface area contributed by atoms with Gasteiger partial charge in [-0.2, -0.15) is 0 Å². The van der Waals surface area contributed by atoms with Crippen LogP contribution in [0.5, 0.6) is 0 Å². The Morgan fingerprint density at radius 3 is 1.93 bits per heavy atom. The first-order valence-electron chi connectivity index (χ1n) is 3.85. The van der Waals surface area contributed by atoms with E-state index in [1.807, 2.05) is 0 Å². The van der Waals surface area contributed by atoms with E-state index in [4.69, 9.17) is 10.2 Å². The Kier molecular flexibility index (Phi) is 2.99. The van der Waals surface area contributed by atoms with Crippen LogP contribution in [0.2, 0.25) is 0 Å². The molecule has 0 saturated heterocycles. The predicted molar refractivity (Wildman–Crippen MR) is 44.7 cm³/mol. The van der Waals surface area contributed by atoms with Crippen LogP contribution < -0.4 is 0 Å². The van der Waals surface area contributed by atoms with E-state index in [1.165, 1.54) is 0 Å². The van der Waals surface area contributed by atoms with Gasteiger partial charge in [-0.25, -0.2) is 13.6 Å². The van der Waals surface area contributed by atoms with Crippen molar-refractivity contribution in [3.05, 3.63) is 34.9 Å². The normalized spacial score (nSPS) is 10.0. The SMILES string of the molecule is O=C(O)Cc1cc(F)c(C(=O)O)c(F)c1. The lowest BCUT2D eigenvalue weighted by atomic mass is 10.1. The average Bonchev–Trinajstić information content (AvgIpc) is 1.99. The number of carboxylic acid groups (broad SMARTS) is 2. The number of aromatic carboxylic acids is 1. The second kappa shape index (κ2) is 4.04. The maximum absolute atomic E-state index is 13.0. The molecule has 0 bridgehead atoms. The molecular formula is C9H6F2O4. The highest BCUT2D eigenvalue weighted by Gasteiger charge is 2.18. The van der Waals surface area contributed by atoms with Crippen LogP contribution in [0.3, 0.4) is 0 Å². The van der Waals surface area contributed by atoms with E-state index in [9.17, 15) is 18.4 Å². The van der Waals surface area contributed by atoms with Crippen LogP contribution in [0.25, 0.3) is 0 Å². The standard InChI is InChI=1S/C9H6F2O4/c10-5-1-4(3-7(12)13)2-6(11)8(5)9(14)15/h1-2H,3H2,(H,12,13)(H,14,15). The molecule has 1 aromatic carbocycles. The highest BCUT2D eigenvalue weighted by atomic mass is 19.1. The van der Waals surface area contributed by atoms with Crippen molar-refractivity contribution in [2.24, 2.45) is 0 Å². The third-order valence-corrected chi connectivity index (χ3v) is 1.67. The predicted octanol–water partition coefficient (Wildman–Crippen LogP) is 1.29. The van der Waals surface area contributed by atoms with Crippen LogP contribution in [-0.2, 0) is 11.2 Å². The van der Waals surface area contributed by atoms with Gasteiger partial charge in [0.05, 0.1) is 6.42 Å². The van der Waals surface area contributed by atoms with Crippen LogP contribution >= 0.6 is 0 Å². The Balaban J connectivity index is 3.19. The van der Waals surface area contributed by atoms with Gasteiger partial charge >= 0.3 is 11.9 Å². The summed E-state index contributed by atoms with van der Waals surface area (Å²) in [5.41, 5.74) is -1.20. The van der Waals surface area contributed by atoms with Crippen LogP contribution in [0.15, 0.2) is 12.1 Å². The molecule has 1 aromatic rings. The van der Waals surface area contributed by atoms with Gasteiger partial charge in [-0.15, -0.1) is 0 Å². The monoisotopic (exact) mass is 216 g/mol. The first kappa shape index (κ1) is 11.1. The summed E-state index contributed by atoms with van der Waals surface area (Å²) in [7, 11) is 0. The molecule has 0 aliphatic rings. The van der Waals surface area contributed by atoms with Gasteiger partial charge in [-0.3, -0.25) is 4.79 Å². The highest BCUT2D eigenvalue weighted by molar-refractivity contribution is 5.88. The number of rotatable bonds is 3. The number of benzene rings is 1. The third kappa shape index (κ3) is 2.49. The van der Waals surface area contributed by atoms with Gasteiger partial charge in [0.25, 0.3) is 0 Å². The fraction of sp³-hybridized carbons (Fsp3) is 0.111. The van der Waals surface area contributed by atoms with Crippen LogP contribution in [0, 0.1) is 11.6 Å². The van der Waals surface area contributed by atoms with Gasteiger partial charge in [-0.05, 0) is 17.7 Å². The van der Waals surface area contributed by atoms with Gasteiger partial charge in [0.15, 0.2) is 0 Å². The van der Waals surface area contributed by atoms with Gasteiger partial charge in [0.2, 0.25) is 0 Å². The van der Waals surface area contributed by atoms with Crippen molar-refractivity contribution in [1.29, 1.82) is 0 Å². The molecule has 0 saturated carbocycles. The molecule has 0 heterocycles. The summed E-state index contributed by atoms with van der Waals surface area (Å²) in [6, 6.07) is 1.39. The number of carboxylic acids is 2. The van der Waals surface area contributed by atoms with Gasteiger partial charge in [0, 0.05) is 0 Å². The number of hydrogen-bond donors (Lipinski definition) is 2. The molecule has 6 heteroatoms. The van der Waals surface area contributed by atoms with E-state index in [0.717, 1.165) is 0 Å². The number of aliphatic carboxylic acids is 1. The summed E-state index contributed by atoms with van der Waals surface area (Å²) in [6.07, 6.45) is -0.562. The van der Waals surface area contributed by atoms with Gasteiger partial charge in [-0.1, -0.05) is 0 Å². The number of carbonyl (C=O) groups is 2. The fourth-order valence-electron chi connectivity index (χ4n) is 1.11. The zero-order valence-corrected chi connectivity index (χ0v) is 7.33. The maximum atomic E-state index is 13.0. The summed E-state index contributed by atoms with van der Waals surface area (Å²) in [4.78, 5) is 20.6. The molecule has 1 rings (SSSR count). The van der Waals surface area contributed by atoms with Crippen LogP contribution in [0.4, 0.5) is 8.78 Å². The third-order valence-electron chi connectivity index (χ3n) is 1.67. The molecule has 0 fully saturated rings. The molecule has 0 aromatic heterocycles. The lowest BCUT2D eigenvalue weighted by Crippen LogP contribution is -2.08. The minimum Gasteiger partial charge on any atom is -0.481 e. The largest absolute Gasteiger partial charge is 0.481 e. The van der Waals surface area contributed by atoms with Crippen molar-refractivity contribution in [3.8, 4) is 0 Å². The highest BCUT2D eigenvalue weighted by Crippen LogP contribution is 2.15. The zero-order valence-electron chi connectivity index (χ0n) is 7.33. The molecule has 15 heavy (non-hydrogen) atoms. The van der Waals surface area contributed by atoms with E-state index in [1.54, 1.807) is 0 Å². The number of halogens is 2. The molecule has 0 aliphatic carbocycles. The van der Waals surface area contributed by atoms with E-state index in [2.05, 4.69) is 0 Å². The molecule has 2 N–H and O–H groups in total. The van der Waals surface area contributed by atoms with E-state index in [0.29, 0.717) is 12.1 Å². The van der Waals surface area contributed by atoms with E-state index < -0.39 is 35.6 Å². The molecule has 0 atom stereocenters. The summed E-state index contributed by atoms with van der Waals surface area (Å²) in [5.74, 6) is -5.54. The lowest BCUT2D eigenvalue weighted by Gasteiger charge is -2.02. The van der Waals surface area contributed by atoms with Crippen molar-refractivity contribution in [2.75, 3.05) is 0 Å². The molecule has 0 aliphatic heterocycles. The van der Waals surface area contributed by atoms with Crippen molar-refractivity contribution in [3.63, 3.8) is 0 Å². The smallest absolute Gasteiger partial charge is 0.341 e. The lowest BCUT2D eigenvalue weighted by molar-refractivity contribution is -0.136. The molecule has 0 unspecified atom stereocenters. The van der Waals surface area contributed by atoms with Gasteiger partial charge < -0.3 is 10.2 Å².